The number of amides is 4. The van der Waals surface area contributed by atoms with E-state index in [1.165, 1.54) is 0 Å². The average molecular weight is 469 g/mol. The number of hydrogen-bond donors (Lipinski definition) is 4. The van der Waals surface area contributed by atoms with Gasteiger partial charge >= 0.3 is 6.09 Å². The van der Waals surface area contributed by atoms with Gasteiger partial charge in [0.1, 0.15) is 18.7 Å². The number of carbonyl (C=O) groups is 4. The Morgan fingerprint density at radius 2 is 1.41 bits per heavy atom. The van der Waals surface area contributed by atoms with E-state index in [-0.39, 0.29) is 25.5 Å². The number of ether oxygens (including phenoxy) is 1. The maximum Gasteiger partial charge on any atom is 0.408 e. The zero-order valence-electron chi connectivity index (χ0n) is 19.5. The lowest BCUT2D eigenvalue weighted by atomic mass is 10.0. The van der Waals surface area contributed by atoms with Crippen molar-refractivity contribution in [3.8, 4) is 0 Å². The minimum absolute atomic E-state index is 0.0534. The Kier molecular flexibility index (Phi) is 10.6. The Balaban J connectivity index is 2.10. The maximum absolute atomic E-state index is 13.1. The summed E-state index contributed by atoms with van der Waals surface area (Å²) in [7, 11) is 0. The van der Waals surface area contributed by atoms with Gasteiger partial charge in [-0.15, -0.1) is 0 Å². The van der Waals surface area contributed by atoms with Crippen LogP contribution in [-0.4, -0.2) is 42.4 Å². The number of nitrogens with one attached hydrogen (secondary N) is 3. The first-order valence-corrected chi connectivity index (χ1v) is 11.1. The molecule has 0 saturated carbocycles. The molecule has 2 atom stereocenters. The minimum Gasteiger partial charge on any atom is -0.445 e. The number of alkyl carbamates (subject to hydrolysis) is 1. The van der Waals surface area contributed by atoms with Crippen LogP contribution in [0.25, 0.3) is 0 Å². The molecule has 4 amide bonds. The van der Waals surface area contributed by atoms with Crippen molar-refractivity contribution in [1.82, 2.24) is 16.0 Å². The molecule has 9 heteroatoms. The quantitative estimate of drug-likeness (QED) is 0.375. The van der Waals surface area contributed by atoms with Gasteiger partial charge in [0.25, 0.3) is 0 Å². The standard InChI is InChI=1S/C25H32N4O5/c1-17(2)13-20(23(31)27-15-22(26)30)28-24(32)21(14-18-9-5-3-6-10-18)29-25(33)34-16-19-11-7-4-8-12-19/h3-12,17,20-21H,13-16H2,1-2H3,(H2,26,30)(H,27,31)(H,28,32)(H,29,33). The van der Waals surface area contributed by atoms with E-state index in [2.05, 4.69) is 16.0 Å². The number of rotatable bonds is 12. The molecule has 9 nitrogen and oxygen atoms in total. The van der Waals surface area contributed by atoms with Crippen LogP contribution < -0.4 is 21.7 Å². The van der Waals surface area contributed by atoms with E-state index in [4.69, 9.17) is 10.5 Å². The molecule has 0 aromatic heterocycles. The maximum atomic E-state index is 13.1. The van der Waals surface area contributed by atoms with Crippen LogP contribution in [0.15, 0.2) is 60.7 Å². The van der Waals surface area contributed by atoms with Crippen molar-refractivity contribution in [2.24, 2.45) is 11.7 Å². The number of carbonyl (C=O) groups excluding carboxylic acids is 4. The van der Waals surface area contributed by atoms with Crippen molar-refractivity contribution in [2.45, 2.75) is 45.4 Å². The summed E-state index contributed by atoms with van der Waals surface area (Å²) in [4.78, 5) is 49.2. The first kappa shape index (κ1) is 26.4. The predicted molar refractivity (Wildman–Crippen MR) is 127 cm³/mol. The van der Waals surface area contributed by atoms with Crippen molar-refractivity contribution in [3.63, 3.8) is 0 Å². The molecule has 34 heavy (non-hydrogen) atoms. The molecule has 0 saturated heterocycles. The lowest BCUT2D eigenvalue weighted by Gasteiger charge is -2.24. The molecule has 0 aliphatic heterocycles. The molecule has 0 heterocycles. The summed E-state index contributed by atoms with van der Waals surface area (Å²) in [6, 6.07) is 16.5. The zero-order chi connectivity index (χ0) is 24.9. The highest BCUT2D eigenvalue weighted by Gasteiger charge is 2.28. The van der Waals surface area contributed by atoms with Crippen LogP contribution in [-0.2, 0) is 32.1 Å². The smallest absolute Gasteiger partial charge is 0.408 e. The second kappa shape index (κ2) is 13.6. The van der Waals surface area contributed by atoms with E-state index in [9.17, 15) is 19.2 Å². The SMILES string of the molecule is CC(C)CC(NC(=O)C(Cc1ccccc1)NC(=O)OCc1ccccc1)C(=O)NCC(N)=O. The third kappa shape index (κ3) is 9.72. The molecule has 182 valence electrons. The number of hydrogen-bond acceptors (Lipinski definition) is 5. The van der Waals surface area contributed by atoms with E-state index in [0.29, 0.717) is 6.42 Å². The van der Waals surface area contributed by atoms with Gasteiger partial charge in [-0.1, -0.05) is 74.5 Å². The van der Waals surface area contributed by atoms with Gasteiger partial charge in [-0.3, -0.25) is 14.4 Å². The van der Waals surface area contributed by atoms with Gasteiger partial charge in [-0.2, -0.15) is 0 Å². The monoisotopic (exact) mass is 468 g/mol. The zero-order valence-corrected chi connectivity index (χ0v) is 19.5. The second-order valence-electron chi connectivity index (χ2n) is 8.32. The molecule has 2 aromatic carbocycles. The number of nitrogens with two attached hydrogens (primary N) is 1. The fourth-order valence-corrected chi connectivity index (χ4v) is 3.24. The van der Waals surface area contributed by atoms with Crippen LogP contribution in [0.3, 0.4) is 0 Å². The van der Waals surface area contributed by atoms with Crippen molar-refractivity contribution in [2.75, 3.05) is 6.54 Å². The summed E-state index contributed by atoms with van der Waals surface area (Å²) >= 11 is 0. The highest BCUT2D eigenvalue weighted by atomic mass is 16.5. The molecule has 5 N–H and O–H groups in total. The van der Waals surface area contributed by atoms with Crippen molar-refractivity contribution >= 4 is 23.8 Å². The van der Waals surface area contributed by atoms with Crippen LogP contribution in [0.2, 0.25) is 0 Å². The molecule has 2 aromatic rings. The van der Waals surface area contributed by atoms with Gasteiger partial charge in [-0.05, 0) is 23.5 Å². The van der Waals surface area contributed by atoms with Crippen LogP contribution >= 0.6 is 0 Å². The Bertz CT molecular complexity index is 950. The molecule has 2 rings (SSSR count). The van der Waals surface area contributed by atoms with Crippen LogP contribution in [0.1, 0.15) is 31.4 Å². The van der Waals surface area contributed by atoms with Crippen molar-refractivity contribution in [1.29, 1.82) is 0 Å². The number of benzene rings is 2. The minimum atomic E-state index is -0.982. The molecule has 0 spiro atoms. The summed E-state index contributed by atoms with van der Waals surface area (Å²) in [5, 5.41) is 7.72. The topological polar surface area (TPSA) is 140 Å². The van der Waals surface area contributed by atoms with Crippen LogP contribution in [0.5, 0.6) is 0 Å². The molecule has 0 fully saturated rings. The molecular formula is C25H32N4O5. The Hall–Kier alpha value is -3.88. The molecule has 0 radical (unpaired) electrons. The van der Waals surface area contributed by atoms with Crippen LogP contribution in [0, 0.1) is 5.92 Å². The van der Waals surface area contributed by atoms with E-state index in [0.717, 1.165) is 11.1 Å². The highest BCUT2D eigenvalue weighted by molar-refractivity contribution is 5.92. The van der Waals surface area contributed by atoms with Gasteiger partial charge < -0.3 is 26.4 Å². The Morgan fingerprint density at radius 3 is 1.97 bits per heavy atom. The predicted octanol–water partition coefficient (Wildman–Crippen LogP) is 1.66. The summed E-state index contributed by atoms with van der Waals surface area (Å²) in [5.74, 6) is -1.67. The van der Waals surface area contributed by atoms with Crippen molar-refractivity contribution < 1.29 is 23.9 Å². The van der Waals surface area contributed by atoms with Gasteiger partial charge in [0, 0.05) is 6.42 Å². The summed E-state index contributed by atoms with van der Waals surface area (Å²) in [6.45, 7) is 3.53. The fraction of sp³-hybridized carbons (Fsp3) is 0.360. The third-order valence-electron chi connectivity index (χ3n) is 4.88. The van der Waals surface area contributed by atoms with Gasteiger partial charge in [-0.25, -0.2) is 4.79 Å². The lowest BCUT2D eigenvalue weighted by molar-refractivity contribution is -0.131. The Morgan fingerprint density at radius 1 is 0.824 bits per heavy atom. The third-order valence-corrected chi connectivity index (χ3v) is 4.88. The van der Waals surface area contributed by atoms with Gasteiger partial charge in [0.15, 0.2) is 0 Å². The molecule has 2 unspecified atom stereocenters. The highest BCUT2D eigenvalue weighted by Crippen LogP contribution is 2.09. The normalized spacial score (nSPS) is 12.3. The molecule has 0 aliphatic carbocycles. The van der Waals surface area contributed by atoms with Crippen LogP contribution in [0.4, 0.5) is 4.79 Å². The first-order chi connectivity index (χ1) is 16.2. The molecule has 0 bridgehead atoms. The van der Waals surface area contributed by atoms with Gasteiger partial charge in [0.05, 0.1) is 6.54 Å². The largest absolute Gasteiger partial charge is 0.445 e. The summed E-state index contributed by atoms with van der Waals surface area (Å²) in [5.41, 5.74) is 6.73. The summed E-state index contributed by atoms with van der Waals surface area (Å²) in [6.07, 6.45) is -0.212. The van der Waals surface area contributed by atoms with Crippen molar-refractivity contribution in [3.05, 3.63) is 71.8 Å². The van der Waals surface area contributed by atoms with E-state index in [1.807, 2.05) is 74.5 Å². The van der Waals surface area contributed by atoms with E-state index >= 15 is 0 Å². The van der Waals surface area contributed by atoms with Gasteiger partial charge in [0.2, 0.25) is 17.7 Å². The Labute approximate surface area is 199 Å². The van der Waals surface area contributed by atoms with E-state index in [1.54, 1.807) is 0 Å². The number of primary amides is 1. The average Bonchev–Trinajstić information content (AvgIpc) is 2.81. The first-order valence-electron chi connectivity index (χ1n) is 11.1. The molecular weight excluding hydrogens is 436 g/mol. The fourth-order valence-electron chi connectivity index (χ4n) is 3.24. The lowest BCUT2D eigenvalue weighted by Crippen LogP contribution is -2.55. The van der Waals surface area contributed by atoms with E-state index < -0.39 is 35.9 Å². The molecule has 0 aliphatic rings. The second-order valence-corrected chi connectivity index (χ2v) is 8.32. The summed E-state index contributed by atoms with van der Waals surface area (Å²) < 4.78 is 5.27.